The second-order valence-electron chi connectivity index (χ2n) is 3.94. The molecule has 0 aromatic heterocycles. The monoisotopic (exact) mass is 184 g/mol. The van der Waals surface area contributed by atoms with Gasteiger partial charge in [-0.15, -0.1) is 0 Å². The van der Waals surface area contributed by atoms with Crippen LogP contribution in [-0.4, -0.2) is 5.78 Å². The van der Waals surface area contributed by atoms with Crippen LogP contribution < -0.4 is 0 Å². The highest BCUT2D eigenvalue weighted by molar-refractivity contribution is 5.80. The van der Waals surface area contributed by atoms with E-state index in [1.807, 2.05) is 6.92 Å². The van der Waals surface area contributed by atoms with Crippen molar-refractivity contribution in [3.63, 3.8) is 0 Å². The van der Waals surface area contributed by atoms with Gasteiger partial charge in [-0.05, 0) is 12.8 Å². The lowest BCUT2D eigenvalue weighted by molar-refractivity contribution is -0.122. The van der Waals surface area contributed by atoms with Gasteiger partial charge in [-0.2, -0.15) is 0 Å². The number of hydrogen-bond donors (Lipinski definition) is 0. The van der Waals surface area contributed by atoms with E-state index in [0.29, 0.717) is 5.78 Å². The summed E-state index contributed by atoms with van der Waals surface area (Å²) in [5.74, 6) is 0.741. The van der Waals surface area contributed by atoms with Crippen LogP contribution in [0.3, 0.4) is 0 Å². The lowest BCUT2D eigenvalue weighted by Crippen LogP contribution is -2.09. The van der Waals surface area contributed by atoms with Gasteiger partial charge >= 0.3 is 0 Å². The molecule has 1 heteroatoms. The van der Waals surface area contributed by atoms with Gasteiger partial charge in [-0.1, -0.05) is 46.5 Å². The second kappa shape index (κ2) is 8.28. The normalized spacial score (nSPS) is 12.8. The number of carbonyl (C=O) groups is 1. The fourth-order valence-corrected chi connectivity index (χ4v) is 1.38. The SMILES string of the molecule is CCCCCCCC(=O)C(C)CC. The maximum absolute atomic E-state index is 11.4. The number of ketones is 1. The summed E-state index contributed by atoms with van der Waals surface area (Å²) < 4.78 is 0. The third-order valence-electron chi connectivity index (χ3n) is 2.69. The van der Waals surface area contributed by atoms with Crippen molar-refractivity contribution in [1.29, 1.82) is 0 Å². The van der Waals surface area contributed by atoms with Gasteiger partial charge in [0.25, 0.3) is 0 Å². The predicted molar refractivity (Wildman–Crippen MR) is 57.8 cm³/mol. The number of unbranched alkanes of at least 4 members (excludes halogenated alkanes) is 4. The summed E-state index contributed by atoms with van der Waals surface area (Å²) in [6, 6.07) is 0. The first-order chi connectivity index (χ1) is 6.22. The molecule has 0 bridgehead atoms. The summed E-state index contributed by atoms with van der Waals surface area (Å²) in [4.78, 5) is 11.4. The van der Waals surface area contributed by atoms with Crippen molar-refractivity contribution in [2.24, 2.45) is 5.92 Å². The minimum atomic E-state index is 0.283. The molecule has 0 aromatic rings. The highest BCUT2D eigenvalue weighted by atomic mass is 16.1. The summed E-state index contributed by atoms with van der Waals surface area (Å²) in [6.07, 6.45) is 8.02. The standard InChI is InChI=1S/C12H24O/c1-4-6-7-8-9-10-12(13)11(3)5-2/h11H,4-10H2,1-3H3. The van der Waals surface area contributed by atoms with Crippen LogP contribution in [0.25, 0.3) is 0 Å². The average molecular weight is 184 g/mol. The van der Waals surface area contributed by atoms with Crippen molar-refractivity contribution in [2.45, 2.75) is 65.7 Å². The number of carbonyl (C=O) groups excluding carboxylic acids is 1. The minimum Gasteiger partial charge on any atom is -0.299 e. The number of hydrogen-bond acceptors (Lipinski definition) is 1. The molecule has 0 amide bonds. The van der Waals surface area contributed by atoms with Gasteiger partial charge in [0, 0.05) is 12.3 Å². The highest BCUT2D eigenvalue weighted by Crippen LogP contribution is 2.10. The van der Waals surface area contributed by atoms with E-state index in [2.05, 4.69) is 13.8 Å². The van der Waals surface area contributed by atoms with Crippen molar-refractivity contribution in [1.82, 2.24) is 0 Å². The Kier molecular flexibility index (Phi) is 8.07. The first-order valence-electron chi connectivity index (χ1n) is 5.75. The molecule has 0 spiro atoms. The molecular formula is C12H24O. The highest BCUT2D eigenvalue weighted by Gasteiger charge is 2.08. The van der Waals surface area contributed by atoms with E-state index in [0.717, 1.165) is 19.3 Å². The first kappa shape index (κ1) is 12.7. The molecule has 0 saturated carbocycles. The Morgan fingerprint density at radius 2 is 1.69 bits per heavy atom. The Hall–Kier alpha value is -0.330. The molecule has 1 unspecified atom stereocenters. The van der Waals surface area contributed by atoms with Gasteiger partial charge < -0.3 is 0 Å². The molecule has 0 N–H and O–H groups in total. The zero-order valence-corrected chi connectivity index (χ0v) is 9.44. The van der Waals surface area contributed by atoms with Crippen LogP contribution in [0, 0.1) is 5.92 Å². The second-order valence-corrected chi connectivity index (χ2v) is 3.94. The van der Waals surface area contributed by atoms with Gasteiger partial charge in [0.15, 0.2) is 0 Å². The molecule has 0 heterocycles. The quantitative estimate of drug-likeness (QED) is 0.522. The fraction of sp³-hybridized carbons (Fsp3) is 0.917. The largest absolute Gasteiger partial charge is 0.299 e. The Bertz CT molecular complexity index is 129. The molecule has 13 heavy (non-hydrogen) atoms. The van der Waals surface area contributed by atoms with Gasteiger partial charge in [0.2, 0.25) is 0 Å². The predicted octanol–water partition coefficient (Wildman–Crippen LogP) is 3.96. The van der Waals surface area contributed by atoms with Gasteiger partial charge in [-0.25, -0.2) is 0 Å². The van der Waals surface area contributed by atoms with E-state index in [4.69, 9.17) is 0 Å². The fourth-order valence-electron chi connectivity index (χ4n) is 1.38. The van der Waals surface area contributed by atoms with Crippen LogP contribution in [0.2, 0.25) is 0 Å². The average Bonchev–Trinajstić information content (AvgIpc) is 2.16. The third kappa shape index (κ3) is 6.80. The third-order valence-corrected chi connectivity index (χ3v) is 2.69. The molecule has 0 aliphatic carbocycles. The Labute approximate surface area is 82.9 Å². The van der Waals surface area contributed by atoms with Crippen LogP contribution in [0.1, 0.15) is 65.7 Å². The lowest BCUT2D eigenvalue weighted by Gasteiger charge is -2.06. The Balaban J connectivity index is 3.27. The molecule has 0 fully saturated rings. The molecule has 0 saturated heterocycles. The number of rotatable bonds is 8. The van der Waals surface area contributed by atoms with Crippen LogP contribution in [0.5, 0.6) is 0 Å². The van der Waals surface area contributed by atoms with Crippen LogP contribution in [0.15, 0.2) is 0 Å². The van der Waals surface area contributed by atoms with E-state index < -0.39 is 0 Å². The maximum atomic E-state index is 11.4. The summed E-state index contributed by atoms with van der Waals surface area (Å²) in [5, 5.41) is 0. The van der Waals surface area contributed by atoms with Crippen molar-refractivity contribution in [3.8, 4) is 0 Å². The molecule has 0 aliphatic rings. The molecule has 0 aliphatic heterocycles. The summed E-state index contributed by atoms with van der Waals surface area (Å²) in [5.41, 5.74) is 0. The lowest BCUT2D eigenvalue weighted by atomic mass is 9.98. The van der Waals surface area contributed by atoms with E-state index in [9.17, 15) is 4.79 Å². The van der Waals surface area contributed by atoms with E-state index in [1.54, 1.807) is 0 Å². The van der Waals surface area contributed by atoms with Crippen LogP contribution >= 0.6 is 0 Å². The summed E-state index contributed by atoms with van der Waals surface area (Å²) in [7, 11) is 0. The molecular weight excluding hydrogens is 160 g/mol. The molecule has 0 rings (SSSR count). The molecule has 1 atom stereocenters. The number of Topliss-reactive ketones (excluding diaryl/α,β-unsaturated/α-hetero) is 1. The van der Waals surface area contributed by atoms with Crippen LogP contribution in [-0.2, 0) is 4.79 Å². The van der Waals surface area contributed by atoms with Crippen molar-refractivity contribution in [2.75, 3.05) is 0 Å². The Morgan fingerprint density at radius 1 is 1.08 bits per heavy atom. The molecule has 0 radical (unpaired) electrons. The first-order valence-corrected chi connectivity index (χ1v) is 5.75. The minimum absolute atomic E-state index is 0.283. The molecule has 0 aromatic carbocycles. The van der Waals surface area contributed by atoms with E-state index >= 15 is 0 Å². The zero-order valence-electron chi connectivity index (χ0n) is 9.44. The molecule has 1 nitrogen and oxygen atoms in total. The van der Waals surface area contributed by atoms with Gasteiger partial charge in [0.05, 0.1) is 0 Å². The topological polar surface area (TPSA) is 17.1 Å². The van der Waals surface area contributed by atoms with Crippen molar-refractivity contribution < 1.29 is 4.79 Å². The van der Waals surface area contributed by atoms with Gasteiger partial charge in [0.1, 0.15) is 5.78 Å². The van der Waals surface area contributed by atoms with Crippen molar-refractivity contribution >= 4 is 5.78 Å². The van der Waals surface area contributed by atoms with Crippen molar-refractivity contribution in [3.05, 3.63) is 0 Å². The summed E-state index contributed by atoms with van der Waals surface area (Å²) in [6.45, 7) is 6.33. The smallest absolute Gasteiger partial charge is 0.135 e. The Morgan fingerprint density at radius 3 is 2.23 bits per heavy atom. The zero-order chi connectivity index (χ0) is 10.1. The van der Waals surface area contributed by atoms with E-state index in [-0.39, 0.29) is 5.92 Å². The van der Waals surface area contributed by atoms with Crippen LogP contribution in [0.4, 0.5) is 0 Å². The van der Waals surface area contributed by atoms with Gasteiger partial charge in [-0.3, -0.25) is 4.79 Å². The van der Waals surface area contributed by atoms with E-state index in [1.165, 1.54) is 25.7 Å². The maximum Gasteiger partial charge on any atom is 0.135 e. The molecule has 78 valence electrons. The summed E-state index contributed by atoms with van der Waals surface area (Å²) >= 11 is 0.